The third kappa shape index (κ3) is 2.92. The molecular formula is C14H20BrN3O. The largest absolute Gasteiger partial charge is 0.360 e. The molecular weight excluding hydrogens is 306 g/mol. The highest BCUT2D eigenvalue weighted by Gasteiger charge is 2.30. The molecule has 19 heavy (non-hydrogen) atoms. The Balaban J connectivity index is 2.38. The van der Waals surface area contributed by atoms with E-state index < -0.39 is 0 Å². The highest BCUT2D eigenvalue weighted by Crippen LogP contribution is 2.36. The van der Waals surface area contributed by atoms with Crippen molar-refractivity contribution in [1.29, 1.82) is 0 Å². The van der Waals surface area contributed by atoms with Crippen LogP contribution < -0.4 is 15.5 Å². The van der Waals surface area contributed by atoms with Crippen LogP contribution in [0.2, 0.25) is 0 Å². The van der Waals surface area contributed by atoms with Gasteiger partial charge >= 0.3 is 0 Å². The number of amides is 1. The van der Waals surface area contributed by atoms with Gasteiger partial charge in [-0.3, -0.25) is 4.79 Å². The van der Waals surface area contributed by atoms with Gasteiger partial charge in [0.05, 0.1) is 17.9 Å². The average Bonchev–Trinajstić information content (AvgIpc) is 2.35. The first-order chi connectivity index (χ1) is 8.84. The molecule has 0 saturated heterocycles. The summed E-state index contributed by atoms with van der Waals surface area (Å²) >= 11 is 3.46. The van der Waals surface area contributed by atoms with Crippen LogP contribution in [0.5, 0.6) is 0 Å². The van der Waals surface area contributed by atoms with Crippen molar-refractivity contribution in [2.24, 2.45) is 11.1 Å². The molecule has 0 aliphatic carbocycles. The van der Waals surface area contributed by atoms with E-state index in [1.165, 1.54) is 0 Å². The molecule has 1 aromatic carbocycles. The van der Waals surface area contributed by atoms with Crippen molar-refractivity contribution >= 4 is 33.2 Å². The van der Waals surface area contributed by atoms with E-state index in [0.717, 1.165) is 22.4 Å². The fraction of sp³-hybridized carbons (Fsp3) is 0.500. The minimum atomic E-state index is -0.0134. The van der Waals surface area contributed by atoms with E-state index in [4.69, 9.17) is 5.73 Å². The van der Waals surface area contributed by atoms with Crippen LogP contribution >= 0.6 is 15.9 Å². The number of carbonyl (C=O) groups excluding carboxylic acids is 1. The highest BCUT2D eigenvalue weighted by molar-refractivity contribution is 9.10. The summed E-state index contributed by atoms with van der Waals surface area (Å²) in [6.45, 7) is 6.02. The quantitative estimate of drug-likeness (QED) is 0.927. The highest BCUT2D eigenvalue weighted by atomic mass is 79.9. The van der Waals surface area contributed by atoms with E-state index in [2.05, 4.69) is 40.7 Å². The van der Waals surface area contributed by atoms with Gasteiger partial charge in [0.1, 0.15) is 0 Å². The van der Waals surface area contributed by atoms with E-state index in [1.807, 2.05) is 19.2 Å². The molecule has 2 rings (SSSR count). The predicted octanol–water partition coefficient (Wildman–Crippen LogP) is 2.22. The molecule has 0 saturated carbocycles. The summed E-state index contributed by atoms with van der Waals surface area (Å²) in [5.74, 6) is 0.110. The Morgan fingerprint density at radius 1 is 1.37 bits per heavy atom. The van der Waals surface area contributed by atoms with Crippen LogP contribution in [0.15, 0.2) is 22.7 Å². The Labute approximate surface area is 122 Å². The number of hydrogen-bond donors (Lipinski definition) is 1. The van der Waals surface area contributed by atoms with E-state index in [1.54, 1.807) is 4.90 Å². The summed E-state index contributed by atoms with van der Waals surface area (Å²) in [7, 11) is 1.82. The zero-order chi connectivity index (χ0) is 14.2. The van der Waals surface area contributed by atoms with Crippen molar-refractivity contribution < 1.29 is 4.79 Å². The third-order valence-electron chi connectivity index (χ3n) is 3.51. The van der Waals surface area contributed by atoms with E-state index in [9.17, 15) is 4.79 Å². The molecule has 0 spiro atoms. The van der Waals surface area contributed by atoms with Crippen LogP contribution in [-0.4, -0.2) is 32.6 Å². The summed E-state index contributed by atoms with van der Waals surface area (Å²) in [6, 6.07) is 6.04. The first-order valence-corrected chi connectivity index (χ1v) is 7.14. The van der Waals surface area contributed by atoms with Gasteiger partial charge in [-0.15, -0.1) is 0 Å². The molecule has 5 heteroatoms. The SMILES string of the molecule is CN1C(=O)CN(CC(C)(C)CN)c2ccc(Br)cc21. The first-order valence-electron chi connectivity index (χ1n) is 6.35. The molecule has 1 aromatic rings. The van der Waals surface area contributed by atoms with Gasteiger partial charge in [0.15, 0.2) is 0 Å². The number of benzene rings is 1. The maximum atomic E-state index is 12.1. The molecule has 1 heterocycles. The number of likely N-dealkylation sites (N-methyl/N-ethyl adjacent to an activating group) is 1. The van der Waals surface area contributed by atoms with E-state index in [0.29, 0.717) is 13.1 Å². The van der Waals surface area contributed by atoms with Gasteiger partial charge in [0, 0.05) is 18.1 Å². The number of rotatable bonds is 3. The molecule has 4 nitrogen and oxygen atoms in total. The van der Waals surface area contributed by atoms with Gasteiger partial charge in [-0.25, -0.2) is 0 Å². The van der Waals surface area contributed by atoms with Crippen LogP contribution in [0.3, 0.4) is 0 Å². The van der Waals surface area contributed by atoms with Crippen LogP contribution in [-0.2, 0) is 4.79 Å². The Hall–Kier alpha value is -1.07. The van der Waals surface area contributed by atoms with Gasteiger partial charge in [-0.05, 0) is 30.2 Å². The standard InChI is InChI=1S/C14H20BrN3O/c1-14(2,8-16)9-18-7-13(19)17(3)12-6-10(15)4-5-11(12)18/h4-6H,7-9,16H2,1-3H3. The summed E-state index contributed by atoms with van der Waals surface area (Å²) in [5, 5.41) is 0. The molecule has 1 aliphatic rings. The second kappa shape index (κ2) is 5.13. The molecule has 0 unspecified atom stereocenters. The van der Waals surface area contributed by atoms with Gasteiger partial charge in [0.2, 0.25) is 5.91 Å². The Morgan fingerprint density at radius 3 is 2.68 bits per heavy atom. The lowest BCUT2D eigenvalue weighted by Gasteiger charge is -2.39. The molecule has 104 valence electrons. The van der Waals surface area contributed by atoms with Gasteiger partial charge in [-0.2, -0.15) is 0 Å². The zero-order valence-corrected chi connectivity index (χ0v) is 13.2. The molecule has 0 fully saturated rings. The topological polar surface area (TPSA) is 49.6 Å². The fourth-order valence-electron chi connectivity index (χ4n) is 2.24. The lowest BCUT2D eigenvalue weighted by atomic mass is 9.92. The van der Waals surface area contributed by atoms with Crippen molar-refractivity contribution in [2.45, 2.75) is 13.8 Å². The molecule has 1 aliphatic heterocycles. The number of hydrogen-bond acceptors (Lipinski definition) is 3. The molecule has 2 N–H and O–H groups in total. The van der Waals surface area contributed by atoms with Crippen molar-refractivity contribution in [3.8, 4) is 0 Å². The maximum Gasteiger partial charge on any atom is 0.246 e. The first kappa shape index (κ1) is 14.3. The number of carbonyl (C=O) groups is 1. The molecule has 0 aromatic heterocycles. The molecule has 1 amide bonds. The predicted molar refractivity (Wildman–Crippen MR) is 82.6 cm³/mol. The van der Waals surface area contributed by atoms with E-state index >= 15 is 0 Å². The smallest absolute Gasteiger partial charge is 0.246 e. The van der Waals surface area contributed by atoms with Crippen LogP contribution in [0.1, 0.15) is 13.8 Å². The lowest BCUT2D eigenvalue weighted by molar-refractivity contribution is -0.117. The van der Waals surface area contributed by atoms with Crippen LogP contribution in [0, 0.1) is 5.41 Å². The van der Waals surface area contributed by atoms with Crippen LogP contribution in [0.4, 0.5) is 11.4 Å². The van der Waals surface area contributed by atoms with Gasteiger partial charge in [0.25, 0.3) is 0 Å². The summed E-state index contributed by atoms with van der Waals surface area (Å²) in [5.41, 5.74) is 7.82. The average molecular weight is 326 g/mol. The third-order valence-corrected chi connectivity index (χ3v) is 4.00. The fourth-order valence-corrected chi connectivity index (χ4v) is 2.59. The Bertz CT molecular complexity index is 501. The monoisotopic (exact) mass is 325 g/mol. The summed E-state index contributed by atoms with van der Waals surface area (Å²) in [6.07, 6.45) is 0. The van der Waals surface area contributed by atoms with E-state index in [-0.39, 0.29) is 11.3 Å². The van der Waals surface area contributed by atoms with Gasteiger partial charge < -0.3 is 15.5 Å². The van der Waals surface area contributed by atoms with Crippen molar-refractivity contribution in [3.05, 3.63) is 22.7 Å². The number of nitrogens with two attached hydrogens (primary N) is 1. The minimum absolute atomic E-state index is 0.0134. The second-order valence-corrected chi connectivity index (χ2v) is 6.73. The maximum absolute atomic E-state index is 12.1. The Morgan fingerprint density at radius 2 is 2.05 bits per heavy atom. The minimum Gasteiger partial charge on any atom is -0.360 e. The van der Waals surface area contributed by atoms with Gasteiger partial charge in [-0.1, -0.05) is 29.8 Å². The van der Waals surface area contributed by atoms with Crippen molar-refractivity contribution in [1.82, 2.24) is 0 Å². The number of fused-ring (bicyclic) bond motifs is 1. The zero-order valence-electron chi connectivity index (χ0n) is 11.6. The van der Waals surface area contributed by atoms with Crippen LogP contribution in [0.25, 0.3) is 0 Å². The normalized spacial score (nSPS) is 15.7. The van der Waals surface area contributed by atoms with Crippen molar-refractivity contribution in [3.63, 3.8) is 0 Å². The molecule has 0 bridgehead atoms. The number of anilines is 2. The number of nitrogens with zero attached hydrogens (tertiary/aromatic N) is 2. The summed E-state index contributed by atoms with van der Waals surface area (Å²) in [4.78, 5) is 15.9. The molecule has 0 radical (unpaired) electrons. The Kier molecular flexibility index (Phi) is 3.87. The summed E-state index contributed by atoms with van der Waals surface area (Å²) < 4.78 is 0.978. The second-order valence-electron chi connectivity index (χ2n) is 5.81. The van der Waals surface area contributed by atoms with Crippen molar-refractivity contribution in [2.75, 3.05) is 36.5 Å². The lowest BCUT2D eigenvalue weighted by Crippen LogP contribution is -2.48. The molecule has 0 atom stereocenters. The number of halogens is 1.